The van der Waals surface area contributed by atoms with E-state index in [1.54, 1.807) is 0 Å². The zero-order chi connectivity index (χ0) is 24.2. The maximum atomic E-state index is 12.8. The van der Waals surface area contributed by atoms with Crippen LogP contribution in [0.5, 0.6) is 0 Å². The van der Waals surface area contributed by atoms with Crippen molar-refractivity contribution < 1.29 is 15.0 Å². The quantitative estimate of drug-likeness (QED) is 0.414. The molecule has 0 aromatic carbocycles. The van der Waals surface area contributed by atoms with E-state index in [2.05, 4.69) is 54.5 Å². The van der Waals surface area contributed by atoms with Crippen molar-refractivity contribution in [2.45, 2.75) is 112 Å². The summed E-state index contributed by atoms with van der Waals surface area (Å²) in [5.74, 6) is 1.81. The number of allylic oxidation sites excluding steroid dienone is 2. The number of carboxylic acid groups (broad SMARTS) is 1. The van der Waals surface area contributed by atoms with E-state index < -0.39 is 11.4 Å². The molecule has 0 aromatic heterocycles. The lowest BCUT2D eigenvalue weighted by Crippen LogP contribution is -2.67. The van der Waals surface area contributed by atoms with Crippen LogP contribution in [0.4, 0.5) is 0 Å². The SMILES string of the molecule is CC1=CC[C@]2(C(=O)O)CC[C@]3(C)C(CC[C@@H]4[C@@]5(C)CC[C@H](O)C(C)(C)[C@@H]5CC[C@]43C)[C@H]2[C@@H]1C. The highest BCUT2D eigenvalue weighted by atomic mass is 16.4. The second kappa shape index (κ2) is 7.11. The first kappa shape index (κ1) is 23.9. The predicted molar refractivity (Wildman–Crippen MR) is 133 cm³/mol. The first-order valence-electron chi connectivity index (χ1n) is 13.8. The first-order chi connectivity index (χ1) is 15.3. The van der Waals surface area contributed by atoms with Crippen LogP contribution in [-0.2, 0) is 4.79 Å². The van der Waals surface area contributed by atoms with Gasteiger partial charge in [0.05, 0.1) is 11.5 Å². The second-order valence-electron chi connectivity index (χ2n) is 14.5. The summed E-state index contributed by atoms with van der Waals surface area (Å²) in [6.45, 7) is 16.9. The van der Waals surface area contributed by atoms with Gasteiger partial charge in [0, 0.05) is 0 Å². The molecule has 0 saturated heterocycles. The van der Waals surface area contributed by atoms with Gasteiger partial charge in [0.2, 0.25) is 0 Å². The van der Waals surface area contributed by atoms with Gasteiger partial charge in [0.25, 0.3) is 0 Å². The van der Waals surface area contributed by atoms with Crippen LogP contribution in [0.25, 0.3) is 0 Å². The fourth-order valence-electron chi connectivity index (χ4n) is 11.3. The van der Waals surface area contributed by atoms with E-state index in [-0.39, 0.29) is 33.7 Å². The molecular weight excluding hydrogens is 408 g/mol. The summed E-state index contributed by atoms with van der Waals surface area (Å²) in [5, 5.41) is 21.4. The molecule has 1 unspecified atom stereocenters. The number of rotatable bonds is 1. The number of aliphatic carboxylic acids is 1. The van der Waals surface area contributed by atoms with E-state index >= 15 is 0 Å². The Morgan fingerprint density at radius 1 is 0.909 bits per heavy atom. The maximum absolute atomic E-state index is 12.8. The van der Waals surface area contributed by atoms with E-state index in [0.717, 1.165) is 32.1 Å². The topological polar surface area (TPSA) is 57.5 Å². The molecule has 186 valence electrons. The Labute approximate surface area is 201 Å². The summed E-state index contributed by atoms with van der Waals surface area (Å²) >= 11 is 0. The highest BCUT2D eigenvalue weighted by Crippen LogP contribution is 2.76. The molecular formula is C30H48O3. The molecule has 0 aromatic rings. The minimum absolute atomic E-state index is 0.0170. The monoisotopic (exact) mass is 456 g/mol. The Morgan fingerprint density at radius 2 is 1.61 bits per heavy atom. The van der Waals surface area contributed by atoms with Gasteiger partial charge in [-0.05, 0) is 116 Å². The molecule has 0 radical (unpaired) electrons. The minimum atomic E-state index is -0.565. The van der Waals surface area contributed by atoms with Crippen LogP contribution in [0.3, 0.4) is 0 Å². The van der Waals surface area contributed by atoms with Crippen molar-refractivity contribution >= 4 is 5.97 Å². The number of hydrogen-bond donors (Lipinski definition) is 2. The van der Waals surface area contributed by atoms with Gasteiger partial charge < -0.3 is 10.2 Å². The van der Waals surface area contributed by atoms with Crippen LogP contribution >= 0.6 is 0 Å². The van der Waals surface area contributed by atoms with E-state index in [1.165, 1.54) is 31.3 Å². The van der Waals surface area contributed by atoms with Crippen molar-refractivity contribution in [2.24, 2.45) is 56.7 Å². The van der Waals surface area contributed by atoms with Crippen LogP contribution in [0.2, 0.25) is 0 Å². The lowest BCUT2D eigenvalue weighted by atomic mass is 9.31. The molecule has 4 saturated carbocycles. The van der Waals surface area contributed by atoms with Gasteiger partial charge in [-0.15, -0.1) is 0 Å². The Kier molecular flexibility index (Phi) is 5.15. The number of aliphatic hydroxyl groups excluding tert-OH is 1. The van der Waals surface area contributed by atoms with Gasteiger partial charge >= 0.3 is 5.97 Å². The lowest BCUT2D eigenvalue weighted by Gasteiger charge is -2.73. The van der Waals surface area contributed by atoms with E-state index in [0.29, 0.717) is 23.7 Å². The molecule has 5 rings (SSSR count). The third-order valence-corrected chi connectivity index (χ3v) is 13.5. The number of carbonyl (C=O) groups is 1. The predicted octanol–water partition coefficient (Wildman–Crippen LogP) is 7.09. The molecule has 10 atom stereocenters. The van der Waals surface area contributed by atoms with Crippen LogP contribution < -0.4 is 0 Å². The Morgan fingerprint density at radius 3 is 2.27 bits per heavy atom. The molecule has 5 aliphatic rings. The first-order valence-corrected chi connectivity index (χ1v) is 13.8. The van der Waals surface area contributed by atoms with Crippen LogP contribution in [0.1, 0.15) is 106 Å². The number of aliphatic hydroxyl groups is 1. The van der Waals surface area contributed by atoms with Gasteiger partial charge in [-0.3, -0.25) is 4.79 Å². The van der Waals surface area contributed by atoms with Crippen molar-refractivity contribution in [1.29, 1.82) is 0 Å². The van der Waals surface area contributed by atoms with Gasteiger partial charge in [0.1, 0.15) is 0 Å². The Balaban J connectivity index is 1.57. The number of hydrogen-bond acceptors (Lipinski definition) is 2. The summed E-state index contributed by atoms with van der Waals surface area (Å²) in [4.78, 5) is 12.8. The summed E-state index contributed by atoms with van der Waals surface area (Å²) in [7, 11) is 0. The standard InChI is InChI=1S/C30H48O3/c1-18-10-15-30(25(32)33)17-16-28(6)20(24(30)19(18)2)8-9-22-27(5)13-12-23(31)26(3,4)21(27)11-14-29(22,28)7/h10,19-24,31H,8-9,11-17H2,1-7H3,(H,32,33)/t19-,20?,21+,22-,23+,24-,27+,28-,29-,30+/m1/s1. The van der Waals surface area contributed by atoms with E-state index in [4.69, 9.17) is 0 Å². The highest BCUT2D eigenvalue weighted by Gasteiger charge is 2.71. The van der Waals surface area contributed by atoms with Crippen LogP contribution in [-0.4, -0.2) is 22.3 Å². The van der Waals surface area contributed by atoms with E-state index in [9.17, 15) is 15.0 Å². The molecule has 33 heavy (non-hydrogen) atoms. The summed E-state index contributed by atoms with van der Waals surface area (Å²) < 4.78 is 0. The van der Waals surface area contributed by atoms with E-state index in [1.807, 2.05) is 0 Å². The van der Waals surface area contributed by atoms with Crippen molar-refractivity contribution in [3.8, 4) is 0 Å². The van der Waals surface area contributed by atoms with Gasteiger partial charge in [-0.1, -0.05) is 53.2 Å². The zero-order valence-corrected chi connectivity index (χ0v) is 22.2. The maximum Gasteiger partial charge on any atom is 0.310 e. The highest BCUT2D eigenvalue weighted by molar-refractivity contribution is 5.76. The van der Waals surface area contributed by atoms with Crippen molar-refractivity contribution in [3.05, 3.63) is 11.6 Å². The van der Waals surface area contributed by atoms with Gasteiger partial charge in [-0.2, -0.15) is 0 Å². The molecule has 2 N–H and O–H groups in total. The average Bonchev–Trinajstić information content (AvgIpc) is 2.74. The molecule has 4 fully saturated rings. The molecule has 5 aliphatic carbocycles. The fourth-order valence-corrected chi connectivity index (χ4v) is 11.3. The zero-order valence-electron chi connectivity index (χ0n) is 22.2. The molecule has 0 bridgehead atoms. The molecule has 3 heteroatoms. The Bertz CT molecular complexity index is 874. The minimum Gasteiger partial charge on any atom is -0.481 e. The third-order valence-electron chi connectivity index (χ3n) is 13.5. The molecule has 0 amide bonds. The van der Waals surface area contributed by atoms with Crippen molar-refractivity contribution in [3.63, 3.8) is 0 Å². The van der Waals surface area contributed by atoms with Crippen molar-refractivity contribution in [1.82, 2.24) is 0 Å². The van der Waals surface area contributed by atoms with Crippen LogP contribution in [0, 0.1) is 56.7 Å². The molecule has 3 nitrogen and oxygen atoms in total. The smallest absolute Gasteiger partial charge is 0.310 e. The summed E-state index contributed by atoms with van der Waals surface area (Å²) in [6.07, 6.45) is 11.6. The lowest BCUT2D eigenvalue weighted by molar-refractivity contribution is -0.252. The van der Waals surface area contributed by atoms with Crippen LogP contribution in [0.15, 0.2) is 11.6 Å². The summed E-state index contributed by atoms with van der Waals surface area (Å²) in [6, 6.07) is 0. The molecule has 0 aliphatic heterocycles. The van der Waals surface area contributed by atoms with Gasteiger partial charge in [-0.25, -0.2) is 0 Å². The Hall–Kier alpha value is -0.830. The van der Waals surface area contributed by atoms with Crippen molar-refractivity contribution in [2.75, 3.05) is 0 Å². The second-order valence-corrected chi connectivity index (χ2v) is 14.5. The molecule has 0 spiro atoms. The largest absolute Gasteiger partial charge is 0.481 e. The average molecular weight is 457 g/mol. The molecule has 0 heterocycles. The summed E-state index contributed by atoms with van der Waals surface area (Å²) in [5.41, 5.74) is 1.55. The third kappa shape index (κ3) is 2.75. The fraction of sp³-hybridized carbons (Fsp3) is 0.900. The van der Waals surface area contributed by atoms with Gasteiger partial charge in [0.15, 0.2) is 0 Å². The number of fused-ring (bicyclic) bond motifs is 7. The number of carboxylic acids is 1. The normalized spacial score (nSPS) is 55.3.